The highest BCUT2D eigenvalue weighted by atomic mass is 19.3. The number of hydrogen-bond donors (Lipinski definition) is 2. The van der Waals surface area contributed by atoms with Gasteiger partial charge in [-0.1, -0.05) is 19.1 Å². The maximum atomic E-state index is 13.9. The molecule has 3 N–H and O–H groups in total. The smallest absolute Gasteiger partial charge is 0.361 e. The van der Waals surface area contributed by atoms with E-state index in [-0.39, 0.29) is 40.2 Å². The van der Waals surface area contributed by atoms with Crippen LogP contribution < -0.4 is 16.7 Å². The molecule has 0 saturated heterocycles. The number of alkyl halides is 2. The maximum absolute atomic E-state index is 13.9. The number of amides is 1. The Morgan fingerprint density at radius 3 is 2.64 bits per heavy atom. The van der Waals surface area contributed by atoms with E-state index in [1.807, 2.05) is 0 Å². The van der Waals surface area contributed by atoms with Gasteiger partial charge in [0.05, 0.1) is 11.3 Å². The fourth-order valence-electron chi connectivity index (χ4n) is 6.13. The fraction of sp³-hybridized carbons (Fsp3) is 0.483. The molecule has 0 radical (unpaired) electrons. The van der Waals surface area contributed by atoms with E-state index in [1.54, 1.807) is 22.9 Å². The molecule has 1 saturated carbocycles. The van der Waals surface area contributed by atoms with Crippen LogP contribution in [0, 0.1) is 5.41 Å². The first-order chi connectivity index (χ1) is 20.9. The number of halogens is 2. The highest BCUT2D eigenvalue weighted by Gasteiger charge is 2.34. The van der Waals surface area contributed by atoms with E-state index in [0.717, 1.165) is 21.2 Å². The number of rotatable bonds is 7. The van der Waals surface area contributed by atoms with Crippen LogP contribution in [0.2, 0.25) is 0 Å². The number of ether oxygens (including phenoxy) is 1. The highest BCUT2D eigenvalue weighted by molar-refractivity contribution is 5.99. The van der Waals surface area contributed by atoms with E-state index in [4.69, 9.17) is 10.5 Å². The van der Waals surface area contributed by atoms with Crippen LogP contribution in [0.15, 0.2) is 29.3 Å². The first-order valence-electron chi connectivity index (χ1n) is 14.5. The van der Waals surface area contributed by atoms with Crippen molar-refractivity contribution in [1.29, 1.82) is 0 Å². The Hall–Kier alpha value is -4.69. The van der Waals surface area contributed by atoms with E-state index in [2.05, 4.69) is 39.6 Å². The molecule has 2 aliphatic rings. The summed E-state index contributed by atoms with van der Waals surface area (Å²) in [7, 11) is 1.44. The van der Waals surface area contributed by atoms with Gasteiger partial charge in [-0.05, 0) is 68.6 Å². The molecule has 0 spiro atoms. The second-order valence-corrected chi connectivity index (χ2v) is 12.3. The van der Waals surface area contributed by atoms with E-state index in [1.165, 1.54) is 13.4 Å². The quantitative estimate of drug-likeness (QED) is 0.300. The van der Waals surface area contributed by atoms with Crippen LogP contribution in [0.1, 0.15) is 90.2 Å². The van der Waals surface area contributed by atoms with Gasteiger partial charge in [-0.25, -0.2) is 32.4 Å². The first kappa shape index (κ1) is 29.4. The van der Waals surface area contributed by atoms with Gasteiger partial charge in [0.25, 0.3) is 12.3 Å². The largest absolute Gasteiger partial charge is 0.458 e. The van der Waals surface area contributed by atoms with Crippen molar-refractivity contribution in [2.45, 2.75) is 77.4 Å². The molecule has 4 aromatic rings. The average molecular weight is 610 g/mol. The third-order valence-corrected chi connectivity index (χ3v) is 8.54. The molecular weight excluding hydrogens is 576 g/mol. The van der Waals surface area contributed by atoms with Gasteiger partial charge in [0.15, 0.2) is 11.3 Å². The van der Waals surface area contributed by atoms with Gasteiger partial charge in [-0.15, -0.1) is 5.10 Å². The van der Waals surface area contributed by atoms with Gasteiger partial charge in [0.2, 0.25) is 0 Å². The molecule has 0 atom stereocenters. The summed E-state index contributed by atoms with van der Waals surface area (Å²) in [4.78, 5) is 41.3. The molecular formula is C29H33F2N9O4. The number of carbonyl (C=O) groups is 2. The van der Waals surface area contributed by atoms with E-state index < -0.39 is 24.0 Å². The Morgan fingerprint density at radius 1 is 1.18 bits per heavy atom. The molecule has 3 aromatic heterocycles. The van der Waals surface area contributed by atoms with Gasteiger partial charge in [0, 0.05) is 30.0 Å². The Bertz CT molecular complexity index is 1820. The minimum atomic E-state index is -2.69. The molecule has 2 aliphatic carbocycles. The maximum Gasteiger partial charge on any atom is 0.361 e. The molecule has 1 fully saturated rings. The number of aryl methyl sites for hydroxylation is 1. The summed E-state index contributed by atoms with van der Waals surface area (Å²) in [5.74, 6) is -1.31. The Balaban J connectivity index is 1.18. The van der Waals surface area contributed by atoms with Gasteiger partial charge < -0.3 is 15.8 Å². The number of primary amides is 1. The summed E-state index contributed by atoms with van der Waals surface area (Å²) in [5, 5.41) is 15.3. The van der Waals surface area contributed by atoms with Crippen molar-refractivity contribution in [3.8, 4) is 5.69 Å². The monoisotopic (exact) mass is 609 g/mol. The second kappa shape index (κ2) is 11.1. The third-order valence-electron chi connectivity index (χ3n) is 8.54. The minimum Gasteiger partial charge on any atom is -0.458 e. The van der Waals surface area contributed by atoms with Gasteiger partial charge in [-0.3, -0.25) is 4.79 Å². The lowest BCUT2D eigenvalue weighted by atomic mass is 9.76. The summed E-state index contributed by atoms with van der Waals surface area (Å²) < 4.78 is 37.2. The summed E-state index contributed by atoms with van der Waals surface area (Å²) in [6.45, 7) is 4.22. The van der Waals surface area contributed by atoms with Gasteiger partial charge in [-0.2, -0.15) is 9.78 Å². The first-order valence-corrected chi connectivity index (χ1v) is 14.5. The number of nitrogens with one attached hydrogen (secondary N) is 1. The van der Waals surface area contributed by atoms with Crippen LogP contribution in [-0.2, 0) is 24.6 Å². The number of aromatic nitrogens is 7. The van der Waals surface area contributed by atoms with Crippen LogP contribution in [0.25, 0.3) is 11.3 Å². The normalized spacial score (nSPS) is 19.6. The number of nitrogens with zero attached hydrogens (tertiary/aromatic N) is 7. The molecule has 1 aromatic carbocycles. The van der Waals surface area contributed by atoms with Crippen molar-refractivity contribution in [3.05, 3.63) is 63.2 Å². The number of esters is 1. The van der Waals surface area contributed by atoms with E-state index in [9.17, 15) is 23.2 Å². The van der Waals surface area contributed by atoms with Crippen molar-refractivity contribution in [3.63, 3.8) is 0 Å². The number of benzene rings is 1. The average Bonchev–Trinajstić information content (AvgIpc) is 3.57. The topological polar surface area (TPSA) is 164 Å². The van der Waals surface area contributed by atoms with Gasteiger partial charge >= 0.3 is 11.7 Å². The summed E-state index contributed by atoms with van der Waals surface area (Å²) in [6, 6.07) is 4.92. The number of hydrogen-bond acceptors (Lipinski definition) is 9. The third kappa shape index (κ3) is 5.42. The van der Waals surface area contributed by atoms with E-state index >= 15 is 0 Å². The zero-order valence-electron chi connectivity index (χ0n) is 24.6. The van der Waals surface area contributed by atoms with Crippen molar-refractivity contribution in [1.82, 2.24) is 34.2 Å². The predicted octanol–water partition coefficient (Wildman–Crippen LogP) is 3.14. The molecule has 6 rings (SSSR count). The van der Waals surface area contributed by atoms with E-state index in [0.29, 0.717) is 55.5 Å². The molecule has 13 nitrogen and oxygen atoms in total. The number of imidazole rings is 1. The highest BCUT2D eigenvalue weighted by Crippen LogP contribution is 2.40. The van der Waals surface area contributed by atoms with Crippen molar-refractivity contribution in [2.24, 2.45) is 18.2 Å². The van der Waals surface area contributed by atoms with Crippen LogP contribution >= 0.6 is 0 Å². The molecule has 44 heavy (non-hydrogen) atoms. The standard InChI is InChI=1S/C29H33F2N9O4/c1-29(2)11-10-19-21(13-29)40(36-22(19)24(30)31)16-6-9-18(25(32)41)20(12-16)34-15-4-7-17(8-5-15)44-27(42)23-26-35-37-38(3)28(43)39(26)14-33-23/h6,9,12,14-15,17,24,34H,4-5,7-8,10-11,13H2,1-3H3,(H2,32,41). The number of nitrogens with two attached hydrogens (primary N) is 1. The molecule has 0 aliphatic heterocycles. The Morgan fingerprint density at radius 2 is 1.93 bits per heavy atom. The summed E-state index contributed by atoms with van der Waals surface area (Å²) in [6.07, 6.45) is 2.37. The van der Waals surface area contributed by atoms with Crippen molar-refractivity contribution < 1.29 is 23.1 Å². The van der Waals surface area contributed by atoms with Gasteiger partial charge in [0.1, 0.15) is 18.1 Å². The zero-order chi connectivity index (χ0) is 31.3. The molecule has 232 valence electrons. The fourth-order valence-corrected chi connectivity index (χ4v) is 6.13. The molecule has 15 heteroatoms. The second-order valence-electron chi connectivity index (χ2n) is 12.3. The molecule has 1 amide bonds. The Kier molecular flexibility index (Phi) is 7.41. The molecule has 0 unspecified atom stereocenters. The van der Waals surface area contributed by atoms with Crippen molar-refractivity contribution >= 4 is 23.2 Å². The molecule has 0 bridgehead atoms. The number of carbonyl (C=O) groups excluding carboxylic acids is 2. The van der Waals surface area contributed by atoms with Crippen LogP contribution in [0.3, 0.4) is 0 Å². The number of fused-ring (bicyclic) bond motifs is 2. The lowest BCUT2D eigenvalue weighted by Gasteiger charge is -2.31. The predicted molar refractivity (Wildman–Crippen MR) is 154 cm³/mol. The lowest BCUT2D eigenvalue weighted by molar-refractivity contribution is 0.0198. The minimum absolute atomic E-state index is 0.0231. The van der Waals surface area contributed by atoms with Crippen LogP contribution in [0.5, 0.6) is 0 Å². The SMILES string of the molecule is Cn1nnc2c(C(=O)OC3CCC(Nc4cc(-n5nc(C(F)F)c6c5CC(C)(C)CC6)ccc4C(N)=O)CC3)ncn2c1=O. The summed E-state index contributed by atoms with van der Waals surface area (Å²) >= 11 is 0. The van der Waals surface area contributed by atoms with Crippen molar-refractivity contribution in [2.75, 3.05) is 5.32 Å². The zero-order valence-corrected chi connectivity index (χ0v) is 24.6. The van der Waals surface area contributed by atoms with Crippen LogP contribution in [-0.4, -0.2) is 58.2 Å². The van der Waals surface area contributed by atoms with Crippen LogP contribution in [0.4, 0.5) is 14.5 Å². The summed E-state index contributed by atoms with van der Waals surface area (Å²) in [5.41, 5.74) is 7.55. The Labute approximate surface area is 250 Å². The molecule has 3 heterocycles. The number of anilines is 1. The lowest BCUT2D eigenvalue weighted by Crippen LogP contribution is -2.32.